The lowest BCUT2D eigenvalue weighted by molar-refractivity contribution is -0.757. The maximum absolute atomic E-state index is 9.54. The molecule has 0 fully saturated rings. The van der Waals surface area contributed by atoms with Crippen molar-refractivity contribution in [1.29, 1.82) is 0 Å². The second-order valence-electron chi connectivity index (χ2n) is 1.40. The van der Waals surface area contributed by atoms with Crippen LogP contribution >= 0.6 is 0 Å². The molecule has 0 aromatic rings. The molecule has 0 bridgehead atoms. The summed E-state index contributed by atoms with van der Waals surface area (Å²) in [6, 6.07) is 0. The monoisotopic (exact) mass is 176 g/mol. The molecular formula is C4H4N2O6. The molecule has 0 spiro atoms. The zero-order valence-corrected chi connectivity index (χ0v) is 5.76. The summed E-state index contributed by atoms with van der Waals surface area (Å²) in [5.74, 6) is 2.13. The second kappa shape index (κ2) is 5.72. The highest BCUT2D eigenvalue weighted by molar-refractivity contribution is 4.89. The molecule has 0 rings (SSSR count). The minimum absolute atomic E-state index is 0.00514. The first-order chi connectivity index (χ1) is 5.63. The van der Waals surface area contributed by atoms with Crippen LogP contribution in [0, 0.1) is 32.3 Å². The van der Waals surface area contributed by atoms with Gasteiger partial charge in [0.15, 0.2) is 0 Å². The van der Waals surface area contributed by atoms with Gasteiger partial charge in [-0.15, -0.1) is 20.2 Å². The van der Waals surface area contributed by atoms with Gasteiger partial charge in [0.2, 0.25) is 0 Å². The summed E-state index contributed by atoms with van der Waals surface area (Å²) >= 11 is 0. The van der Waals surface area contributed by atoms with E-state index in [4.69, 9.17) is 0 Å². The lowest BCUT2D eigenvalue weighted by Gasteiger charge is -1.89. The minimum Gasteiger partial charge on any atom is -0.313 e. The fraction of sp³-hybridized carbons (Fsp3) is 0.500. The molecule has 0 aliphatic heterocycles. The number of nitrogens with zero attached hydrogens (tertiary/aromatic N) is 2. The Kier molecular flexibility index (Phi) is 4.75. The van der Waals surface area contributed by atoms with Gasteiger partial charge in [-0.2, -0.15) is 0 Å². The Bertz CT molecular complexity index is 227. The molecule has 12 heavy (non-hydrogen) atoms. The molecule has 66 valence electrons. The second-order valence-corrected chi connectivity index (χ2v) is 1.40. The first-order valence-corrected chi connectivity index (χ1v) is 2.69. The molecule has 0 saturated heterocycles. The number of hydrogen-bond donors (Lipinski definition) is 0. The molecule has 0 aliphatic carbocycles. The summed E-state index contributed by atoms with van der Waals surface area (Å²) in [6.07, 6.45) is 1.70. The Hall–Kier alpha value is -2.04. The molecule has 0 aliphatic rings. The molecule has 0 unspecified atom stereocenters. The molecule has 0 aromatic carbocycles. The van der Waals surface area contributed by atoms with Crippen LogP contribution in [0.1, 0.15) is 6.42 Å². The van der Waals surface area contributed by atoms with E-state index in [0.29, 0.717) is 0 Å². The predicted molar refractivity (Wildman–Crippen MR) is 33.4 cm³/mol. The van der Waals surface area contributed by atoms with E-state index in [0.717, 1.165) is 0 Å². The molecule has 8 heteroatoms. The van der Waals surface area contributed by atoms with Crippen LogP contribution in [0.15, 0.2) is 0 Å². The van der Waals surface area contributed by atoms with E-state index in [1.807, 2.05) is 0 Å². The summed E-state index contributed by atoms with van der Waals surface area (Å²) in [7, 11) is 0. The highest BCUT2D eigenvalue weighted by Crippen LogP contribution is 1.80. The first-order valence-electron chi connectivity index (χ1n) is 2.69. The molecule has 0 aromatic heterocycles. The molecule has 0 heterocycles. The lowest BCUT2D eigenvalue weighted by Crippen LogP contribution is -2.01. The zero-order chi connectivity index (χ0) is 9.40. The third kappa shape index (κ3) is 7.96. The van der Waals surface area contributed by atoms with Crippen LogP contribution in [0.2, 0.25) is 0 Å². The SMILES string of the molecule is O=[N+]([O-])OC#CCCO[N+](=O)[O-]. The van der Waals surface area contributed by atoms with Crippen molar-refractivity contribution >= 4 is 0 Å². The van der Waals surface area contributed by atoms with Crippen LogP contribution in [-0.4, -0.2) is 16.8 Å². The van der Waals surface area contributed by atoms with Crippen molar-refractivity contribution in [3.05, 3.63) is 20.2 Å². The molecular weight excluding hydrogens is 172 g/mol. The van der Waals surface area contributed by atoms with E-state index in [9.17, 15) is 20.2 Å². The average molecular weight is 176 g/mol. The molecule has 0 atom stereocenters. The Morgan fingerprint density at radius 1 is 1.25 bits per heavy atom. The van der Waals surface area contributed by atoms with E-state index in [-0.39, 0.29) is 13.0 Å². The van der Waals surface area contributed by atoms with Crippen molar-refractivity contribution in [2.24, 2.45) is 0 Å². The fourth-order valence-electron chi connectivity index (χ4n) is 0.292. The summed E-state index contributed by atoms with van der Waals surface area (Å²) in [5, 5.41) is 17.0. The fourth-order valence-corrected chi connectivity index (χ4v) is 0.292. The summed E-state index contributed by atoms with van der Waals surface area (Å²) in [5.41, 5.74) is 0. The van der Waals surface area contributed by atoms with Gasteiger partial charge >= 0.3 is 5.09 Å². The van der Waals surface area contributed by atoms with Crippen molar-refractivity contribution in [3.8, 4) is 12.0 Å². The molecule has 0 saturated carbocycles. The maximum atomic E-state index is 9.54. The van der Waals surface area contributed by atoms with E-state index in [1.54, 1.807) is 6.11 Å². The zero-order valence-electron chi connectivity index (χ0n) is 5.76. The highest BCUT2D eigenvalue weighted by atomic mass is 17.0. The third-order valence-electron chi connectivity index (χ3n) is 0.616. The van der Waals surface area contributed by atoms with Crippen LogP contribution < -0.4 is 0 Å². The summed E-state index contributed by atoms with van der Waals surface area (Å²) < 4.78 is 0. The van der Waals surface area contributed by atoms with Gasteiger partial charge in [0.05, 0.1) is 6.11 Å². The number of hydrogen-bond acceptors (Lipinski definition) is 6. The predicted octanol–water partition coefficient (Wildman–Crippen LogP) is -0.246. The number of rotatable bonds is 4. The standard InChI is InChI=1S/C4H4N2O6/c7-5(8)11-3-1-2-4-12-6(9)10/h1,3H2. The Balaban J connectivity index is 3.33. The Morgan fingerprint density at radius 3 is 2.42 bits per heavy atom. The van der Waals surface area contributed by atoms with Crippen molar-refractivity contribution in [2.75, 3.05) is 6.61 Å². The summed E-state index contributed by atoms with van der Waals surface area (Å²) in [6.45, 7) is -0.235. The minimum atomic E-state index is -1.08. The Morgan fingerprint density at radius 2 is 1.92 bits per heavy atom. The largest absolute Gasteiger partial charge is 0.313 e. The van der Waals surface area contributed by atoms with Crippen LogP contribution in [0.5, 0.6) is 0 Å². The Labute approximate surface area is 66.3 Å². The van der Waals surface area contributed by atoms with E-state index < -0.39 is 10.2 Å². The molecule has 0 radical (unpaired) electrons. The van der Waals surface area contributed by atoms with E-state index in [1.165, 1.54) is 0 Å². The molecule has 0 amide bonds. The molecule has 0 N–H and O–H groups in total. The van der Waals surface area contributed by atoms with Gasteiger partial charge < -0.3 is 4.84 Å². The average Bonchev–Trinajstić information content (AvgIpc) is 1.95. The normalized spacial score (nSPS) is 7.67. The third-order valence-corrected chi connectivity index (χ3v) is 0.616. The van der Waals surface area contributed by atoms with Gasteiger partial charge in [-0.1, -0.05) is 5.92 Å². The lowest BCUT2D eigenvalue weighted by atomic mass is 10.5. The first kappa shape index (κ1) is 9.96. The van der Waals surface area contributed by atoms with E-state index >= 15 is 0 Å². The smallest absolute Gasteiger partial charge is 0.308 e. The van der Waals surface area contributed by atoms with Crippen molar-refractivity contribution in [2.45, 2.75) is 6.42 Å². The topological polar surface area (TPSA) is 105 Å². The van der Waals surface area contributed by atoms with Gasteiger partial charge in [-0.25, -0.2) is 4.84 Å². The van der Waals surface area contributed by atoms with Crippen LogP contribution in [0.25, 0.3) is 0 Å². The van der Waals surface area contributed by atoms with Crippen molar-refractivity contribution in [1.82, 2.24) is 0 Å². The summed E-state index contributed by atoms with van der Waals surface area (Å²) in [4.78, 5) is 26.4. The van der Waals surface area contributed by atoms with Crippen LogP contribution in [0.3, 0.4) is 0 Å². The van der Waals surface area contributed by atoms with Gasteiger partial charge in [0.1, 0.15) is 6.61 Å². The maximum Gasteiger partial charge on any atom is 0.308 e. The van der Waals surface area contributed by atoms with Crippen LogP contribution in [0.4, 0.5) is 0 Å². The van der Waals surface area contributed by atoms with Crippen LogP contribution in [-0.2, 0) is 9.68 Å². The van der Waals surface area contributed by atoms with Gasteiger partial charge in [-0.3, -0.25) is 0 Å². The van der Waals surface area contributed by atoms with Crippen molar-refractivity contribution < 1.29 is 19.8 Å². The van der Waals surface area contributed by atoms with Gasteiger partial charge in [0, 0.05) is 6.42 Å². The van der Waals surface area contributed by atoms with Gasteiger partial charge in [0.25, 0.3) is 5.09 Å². The molecule has 8 nitrogen and oxygen atoms in total. The highest BCUT2D eigenvalue weighted by Gasteiger charge is 1.90. The van der Waals surface area contributed by atoms with Gasteiger partial charge in [-0.05, 0) is 0 Å². The van der Waals surface area contributed by atoms with E-state index in [2.05, 4.69) is 15.6 Å². The van der Waals surface area contributed by atoms with Crippen molar-refractivity contribution in [3.63, 3.8) is 0 Å². The quantitative estimate of drug-likeness (QED) is 0.253.